The SMILES string of the molecule is Cc1ccc(OC(=O)c2ccc(F)c(S(=O)(=O)N3CCOCC3)c2)cc1C. The Morgan fingerprint density at radius 1 is 1.07 bits per heavy atom. The fourth-order valence-electron chi connectivity index (χ4n) is 2.70. The first kappa shape index (κ1) is 19.5. The van der Waals surface area contributed by atoms with Crippen LogP contribution < -0.4 is 4.74 Å². The number of hydrogen-bond acceptors (Lipinski definition) is 5. The second-order valence-corrected chi connectivity index (χ2v) is 8.20. The van der Waals surface area contributed by atoms with Gasteiger partial charge in [0.05, 0.1) is 18.8 Å². The molecule has 8 heteroatoms. The molecule has 0 aliphatic carbocycles. The molecule has 3 rings (SSSR count). The predicted molar refractivity (Wildman–Crippen MR) is 96.9 cm³/mol. The highest BCUT2D eigenvalue weighted by molar-refractivity contribution is 7.89. The van der Waals surface area contributed by atoms with Crippen molar-refractivity contribution in [2.45, 2.75) is 18.7 Å². The third-order valence-corrected chi connectivity index (χ3v) is 6.36. The van der Waals surface area contributed by atoms with Gasteiger partial charge in [0.15, 0.2) is 0 Å². The molecule has 0 radical (unpaired) electrons. The Balaban J connectivity index is 1.88. The average molecular weight is 393 g/mol. The van der Waals surface area contributed by atoms with Crippen LogP contribution in [0, 0.1) is 19.7 Å². The van der Waals surface area contributed by atoms with Gasteiger partial charge in [0, 0.05) is 13.1 Å². The van der Waals surface area contributed by atoms with Gasteiger partial charge in [-0.2, -0.15) is 4.31 Å². The minimum absolute atomic E-state index is 0.0403. The molecule has 0 spiro atoms. The molecule has 2 aromatic carbocycles. The van der Waals surface area contributed by atoms with Gasteiger partial charge in [0.1, 0.15) is 16.5 Å². The van der Waals surface area contributed by atoms with Gasteiger partial charge < -0.3 is 9.47 Å². The molecule has 0 bridgehead atoms. The summed E-state index contributed by atoms with van der Waals surface area (Å²) in [7, 11) is -4.06. The molecule has 1 aliphatic heterocycles. The molecule has 0 saturated carbocycles. The summed E-state index contributed by atoms with van der Waals surface area (Å²) in [5, 5.41) is 0. The smallest absolute Gasteiger partial charge is 0.343 e. The number of ether oxygens (including phenoxy) is 2. The number of sulfonamides is 1. The van der Waals surface area contributed by atoms with Crippen molar-refractivity contribution in [3.05, 3.63) is 58.9 Å². The van der Waals surface area contributed by atoms with E-state index in [2.05, 4.69) is 0 Å². The van der Waals surface area contributed by atoms with E-state index in [1.165, 1.54) is 6.07 Å². The Hall–Kier alpha value is -2.29. The first-order valence-electron chi connectivity index (χ1n) is 8.46. The van der Waals surface area contributed by atoms with Gasteiger partial charge in [-0.15, -0.1) is 0 Å². The first-order valence-corrected chi connectivity index (χ1v) is 9.90. The summed E-state index contributed by atoms with van der Waals surface area (Å²) in [6.07, 6.45) is 0. The monoisotopic (exact) mass is 393 g/mol. The van der Waals surface area contributed by atoms with E-state index in [9.17, 15) is 17.6 Å². The van der Waals surface area contributed by atoms with Crippen molar-refractivity contribution in [3.8, 4) is 5.75 Å². The van der Waals surface area contributed by atoms with Crippen LogP contribution in [-0.2, 0) is 14.8 Å². The second-order valence-electron chi connectivity index (χ2n) is 6.30. The number of morpholine rings is 1. The van der Waals surface area contributed by atoms with Crippen molar-refractivity contribution >= 4 is 16.0 Å². The molecule has 1 heterocycles. The normalized spacial score (nSPS) is 15.5. The molecule has 2 aromatic rings. The number of rotatable bonds is 4. The number of halogens is 1. The van der Waals surface area contributed by atoms with Gasteiger partial charge in [-0.1, -0.05) is 6.07 Å². The maximum Gasteiger partial charge on any atom is 0.343 e. The maximum atomic E-state index is 14.2. The maximum absolute atomic E-state index is 14.2. The van der Waals surface area contributed by atoms with Gasteiger partial charge in [0.25, 0.3) is 0 Å². The predicted octanol–water partition coefficient (Wildman–Crippen LogP) is 2.68. The lowest BCUT2D eigenvalue weighted by Gasteiger charge is -2.26. The molecule has 6 nitrogen and oxygen atoms in total. The lowest BCUT2D eigenvalue weighted by molar-refractivity contribution is 0.0726. The second kappa shape index (κ2) is 7.75. The quantitative estimate of drug-likeness (QED) is 0.590. The number of carbonyl (C=O) groups excluding carboxylic acids is 1. The van der Waals surface area contributed by atoms with Gasteiger partial charge >= 0.3 is 5.97 Å². The van der Waals surface area contributed by atoms with Crippen LogP contribution in [0.2, 0.25) is 0 Å². The Kier molecular flexibility index (Phi) is 5.59. The molecule has 1 saturated heterocycles. The van der Waals surface area contributed by atoms with Crippen LogP contribution >= 0.6 is 0 Å². The molecular weight excluding hydrogens is 373 g/mol. The van der Waals surface area contributed by atoms with Gasteiger partial charge in [0.2, 0.25) is 10.0 Å². The van der Waals surface area contributed by atoms with Crippen molar-refractivity contribution in [1.82, 2.24) is 4.31 Å². The fraction of sp³-hybridized carbons (Fsp3) is 0.316. The van der Waals surface area contributed by atoms with E-state index < -0.39 is 26.7 Å². The van der Waals surface area contributed by atoms with E-state index in [0.717, 1.165) is 27.6 Å². The zero-order valence-electron chi connectivity index (χ0n) is 15.1. The summed E-state index contributed by atoms with van der Waals surface area (Å²) in [4.78, 5) is 11.9. The summed E-state index contributed by atoms with van der Waals surface area (Å²) in [6, 6.07) is 8.36. The van der Waals surface area contributed by atoms with E-state index >= 15 is 0 Å². The van der Waals surface area contributed by atoms with Crippen LogP contribution in [-0.4, -0.2) is 45.0 Å². The zero-order valence-corrected chi connectivity index (χ0v) is 15.9. The number of hydrogen-bond donors (Lipinski definition) is 0. The molecule has 0 unspecified atom stereocenters. The van der Waals surface area contributed by atoms with E-state index in [1.54, 1.807) is 12.1 Å². The number of aryl methyl sites for hydroxylation is 2. The zero-order chi connectivity index (χ0) is 19.6. The molecule has 1 fully saturated rings. The third-order valence-electron chi connectivity index (χ3n) is 4.44. The van der Waals surface area contributed by atoms with Crippen molar-refractivity contribution in [1.29, 1.82) is 0 Å². The van der Waals surface area contributed by atoms with Crippen LogP contribution in [0.15, 0.2) is 41.3 Å². The average Bonchev–Trinajstić information content (AvgIpc) is 2.65. The van der Waals surface area contributed by atoms with Gasteiger partial charge in [-0.25, -0.2) is 17.6 Å². The summed E-state index contributed by atoms with van der Waals surface area (Å²) >= 11 is 0. The van der Waals surface area contributed by atoms with Crippen LogP contribution in [0.4, 0.5) is 4.39 Å². The van der Waals surface area contributed by atoms with E-state index in [4.69, 9.17) is 9.47 Å². The highest BCUT2D eigenvalue weighted by atomic mass is 32.2. The molecule has 1 aliphatic rings. The first-order chi connectivity index (χ1) is 12.8. The minimum atomic E-state index is -4.06. The Morgan fingerprint density at radius 3 is 2.44 bits per heavy atom. The largest absolute Gasteiger partial charge is 0.423 e. The summed E-state index contributed by atoms with van der Waals surface area (Å²) < 4.78 is 51.2. The molecule has 0 aromatic heterocycles. The van der Waals surface area contributed by atoms with E-state index in [-0.39, 0.29) is 31.9 Å². The van der Waals surface area contributed by atoms with Crippen molar-refractivity contribution in [2.75, 3.05) is 26.3 Å². The van der Waals surface area contributed by atoms with Gasteiger partial charge in [-0.3, -0.25) is 0 Å². The van der Waals surface area contributed by atoms with E-state index in [1.807, 2.05) is 19.9 Å². The standard InChI is InChI=1S/C19H20FNO5S/c1-13-3-5-16(11-14(13)2)26-19(22)15-4-6-17(20)18(12-15)27(23,24)21-7-9-25-10-8-21/h3-6,11-12H,7-10H2,1-2H3. The summed E-state index contributed by atoms with van der Waals surface area (Å²) in [5.74, 6) is -1.33. The highest BCUT2D eigenvalue weighted by Crippen LogP contribution is 2.23. The van der Waals surface area contributed by atoms with Crippen LogP contribution in [0.25, 0.3) is 0 Å². The highest BCUT2D eigenvalue weighted by Gasteiger charge is 2.30. The van der Waals surface area contributed by atoms with Crippen LogP contribution in [0.3, 0.4) is 0 Å². The van der Waals surface area contributed by atoms with Crippen LogP contribution in [0.1, 0.15) is 21.5 Å². The van der Waals surface area contributed by atoms with Crippen molar-refractivity contribution < 1.29 is 27.1 Å². The molecule has 144 valence electrons. The lowest BCUT2D eigenvalue weighted by Crippen LogP contribution is -2.41. The third kappa shape index (κ3) is 4.18. The molecule has 0 amide bonds. The molecule has 0 N–H and O–H groups in total. The number of benzene rings is 2. The molecule has 27 heavy (non-hydrogen) atoms. The fourth-order valence-corrected chi connectivity index (χ4v) is 4.20. The number of carbonyl (C=O) groups is 1. The lowest BCUT2D eigenvalue weighted by atomic mass is 10.1. The topological polar surface area (TPSA) is 72.9 Å². The van der Waals surface area contributed by atoms with Crippen LogP contribution in [0.5, 0.6) is 5.75 Å². The summed E-state index contributed by atoms with van der Waals surface area (Å²) in [6.45, 7) is 4.59. The summed E-state index contributed by atoms with van der Waals surface area (Å²) in [5.41, 5.74) is 1.96. The Morgan fingerprint density at radius 2 is 1.78 bits per heavy atom. The Labute approximate surface area is 157 Å². The number of nitrogens with zero attached hydrogens (tertiary/aromatic N) is 1. The van der Waals surface area contributed by atoms with Gasteiger partial charge in [-0.05, 0) is 55.3 Å². The van der Waals surface area contributed by atoms with Crippen molar-refractivity contribution in [2.24, 2.45) is 0 Å². The Bertz CT molecular complexity index is 968. The molecule has 0 atom stereocenters. The molecular formula is C19H20FNO5S. The minimum Gasteiger partial charge on any atom is -0.423 e. The van der Waals surface area contributed by atoms with E-state index in [0.29, 0.717) is 5.75 Å². The number of esters is 1. The van der Waals surface area contributed by atoms with Crippen molar-refractivity contribution in [3.63, 3.8) is 0 Å².